The Labute approximate surface area is 116 Å². The summed E-state index contributed by atoms with van der Waals surface area (Å²) in [5, 5.41) is 3.54. The van der Waals surface area contributed by atoms with Crippen molar-refractivity contribution in [2.45, 2.75) is 64.5 Å². The quantitative estimate of drug-likeness (QED) is 0.837. The van der Waals surface area contributed by atoms with Gasteiger partial charge in [-0.15, -0.1) is 0 Å². The molecule has 0 spiro atoms. The van der Waals surface area contributed by atoms with Crippen molar-refractivity contribution in [2.75, 3.05) is 19.6 Å². The van der Waals surface area contributed by atoms with E-state index in [1.54, 1.807) is 0 Å². The van der Waals surface area contributed by atoms with E-state index in [4.69, 9.17) is 4.74 Å². The molecule has 1 atom stereocenters. The molecule has 0 aromatic carbocycles. The normalized spacial score (nSPS) is 25.6. The van der Waals surface area contributed by atoms with Gasteiger partial charge in [0, 0.05) is 25.7 Å². The first-order valence-electron chi connectivity index (χ1n) is 7.65. The molecule has 2 rings (SSSR count). The van der Waals surface area contributed by atoms with Crippen LogP contribution < -0.4 is 5.32 Å². The minimum absolute atomic E-state index is 0.162. The molecule has 2 fully saturated rings. The third-order valence-corrected chi connectivity index (χ3v) is 4.00. The van der Waals surface area contributed by atoms with Crippen LogP contribution in [0.2, 0.25) is 0 Å². The molecule has 4 nitrogen and oxygen atoms in total. The van der Waals surface area contributed by atoms with Crippen molar-refractivity contribution in [3.05, 3.63) is 0 Å². The predicted molar refractivity (Wildman–Crippen MR) is 76.2 cm³/mol. The standard InChI is InChI=1S/C15H28N2O2/c1-15(2,3)19-14(18)17-9-8-16-13(11-17)10-12-6-4-5-7-12/h12-13,16H,4-11H2,1-3H3. The first kappa shape index (κ1) is 14.6. The van der Waals surface area contributed by atoms with E-state index < -0.39 is 5.60 Å². The van der Waals surface area contributed by atoms with Crippen LogP contribution in [0.5, 0.6) is 0 Å². The average molecular weight is 268 g/mol. The van der Waals surface area contributed by atoms with Gasteiger partial charge in [-0.25, -0.2) is 4.79 Å². The molecule has 1 saturated carbocycles. The van der Waals surface area contributed by atoms with E-state index in [-0.39, 0.29) is 6.09 Å². The zero-order valence-corrected chi connectivity index (χ0v) is 12.6. The highest BCUT2D eigenvalue weighted by molar-refractivity contribution is 5.68. The zero-order valence-electron chi connectivity index (χ0n) is 12.6. The van der Waals surface area contributed by atoms with Crippen molar-refractivity contribution in [3.8, 4) is 0 Å². The number of carbonyl (C=O) groups excluding carboxylic acids is 1. The van der Waals surface area contributed by atoms with Gasteiger partial charge >= 0.3 is 6.09 Å². The molecule has 19 heavy (non-hydrogen) atoms. The molecule has 4 heteroatoms. The van der Waals surface area contributed by atoms with E-state index in [0.29, 0.717) is 6.04 Å². The number of hydrogen-bond acceptors (Lipinski definition) is 3. The van der Waals surface area contributed by atoms with Crippen molar-refractivity contribution < 1.29 is 9.53 Å². The molecule has 110 valence electrons. The number of carbonyl (C=O) groups is 1. The Morgan fingerprint density at radius 1 is 1.32 bits per heavy atom. The van der Waals surface area contributed by atoms with Crippen molar-refractivity contribution in [1.29, 1.82) is 0 Å². The molecule has 1 aliphatic heterocycles. The molecule has 1 heterocycles. The Kier molecular flexibility index (Phi) is 4.71. The summed E-state index contributed by atoms with van der Waals surface area (Å²) < 4.78 is 5.45. The summed E-state index contributed by atoms with van der Waals surface area (Å²) in [4.78, 5) is 13.9. The molecule has 1 N–H and O–H groups in total. The largest absolute Gasteiger partial charge is 0.444 e. The molecule has 0 aromatic rings. The smallest absolute Gasteiger partial charge is 0.410 e. The first-order valence-corrected chi connectivity index (χ1v) is 7.65. The second-order valence-corrected chi connectivity index (χ2v) is 6.96. The van der Waals surface area contributed by atoms with Gasteiger partial charge in [-0.2, -0.15) is 0 Å². The third-order valence-electron chi connectivity index (χ3n) is 4.00. The topological polar surface area (TPSA) is 41.6 Å². The Morgan fingerprint density at radius 3 is 2.63 bits per heavy atom. The highest BCUT2D eigenvalue weighted by Crippen LogP contribution is 2.29. The van der Waals surface area contributed by atoms with Crippen LogP contribution in [0, 0.1) is 5.92 Å². The fraction of sp³-hybridized carbons (Fsp3) is 0.933. The molecular formula is C15H28N2O2. The van der Waals surface area contributed by atoms with Crippen LogP contribution in [0.15, 0.2) is 0 Å². The number of piperazine rings is 1. The van der Waals surface area contributed by atoms with Gasteiger partial charge in [0.05, 0.1) is 0 Å². The van der Waals surface area contributed by atoms with Gasteiger partial charge in [0.15, 0.2) is 0 Å². The van der Waals surface area contributed by atoms with E-state index in [0.717, 1.165) is 25.6 Å². The fourth-order valence-electron chi connectivity index (χ4n) is 3.12. The highest BCUT2D eigenvalue weighted by atomic mass is 16.6. The molecular weight excluding hydrogens is 240 g/mol. The van der Waals surface area contributed by atoms with Gasteiger partial charge in [-0.3, -0.25) is 0 Å². The van der Waals surface area contributed by atoms with Crippen LogP contribution >= 0.6 is 0 Å². The molecule has 1 unspecified atom stereocenters. The lowest BCUT2D eigenvalue weighted by Gasteiger charge is -2.35. The number of hydrogen-bond donors (Lipinski definition) is 1. The summed E-state index contributed by atoms with van der Waals surface area (Å²) in [6.45, 7) is 8.20. The molecule has 2 aliphatic rings. The molecule has 0 radical (unpaired) electrons. The van der Waals surface area contributed by atoms with Crippen LogP contribution in [-0.2, 0) is 4.74 Å². The third kappa shape index (κ3) is 4.68. The van der Waals surface area contributed by atoms with Crippen LogP contribution in [0.3, 0.4) is 0 Å². The summed E-state index contributed by atoms with van der Waals surface area (Å²) in [5.41, 5.74) is -0.400. The van der Waals surface area contributed by atoms with E-state index in [9.17, 15) is 4.79 Å². The second-order valence-electron chi connectivity index (χ2n) is 6.96. The number of amides is 1. The highest BCUT2D eigenvalue weighted by Gasteiger charge is 2.29. The maximum atomic E-state index is 12.1. The number of rotatable bonds is 2. The van der Waals surface area contributed by atoms with Crippen molar-refractivity contribution in [1.82, 2.24) is 10.2 Å². The molecule has 1 amide bonds. The summed E-state index contributed by atoms with van der Waals surface area (Å²) >= 11 is 0. The van der Waals surface area contributed by atoms with E-state index in [1.807, 2.05) is 25.7 Å². The fourth-order valence-corrected chi connectivity index (χ4v) is 3.12. The lowest BCUT2D eigenvalue weighted by atomic mass is 9.97. The summed E-state index contributed by atoms with van der Waals surface area (Å²) in [6.07, 6.45) is 6.54. The molecule has 0 aromatic heterocycles. The van der Waals surface area contributed by atoms with Gasteiger partial charge in [0.25, 0.3) is 0 Å². The van der Waals surface area contributed by atoms with E-state index in [1.165, 1.54) is 32.1 Å². The Hall–Kier alpha value is -0.770. The first-order chi connectivity index (χ1) is 8.94. The summed E-state index contributed by atoms with van der Waals surface area (Å²) in [5.74, 6) is 0.857. The second kappa shape index (κ2) is 6.12. The average Bonchev–Trinajstić information content (AvgIpc) is 2.80. The van der Waals surface area contributed by atoms with Crippen molar-refractivity contribution >= 4 is 6.09 Å². The molecule has 0 bridgehead atoms. The Bertz CT molecular complexity index is 306. The maximum absolute atomic E-state index is 12.1. The van der Waals surface area contributed by atoms with Gasteiger partial charge < -0.3 is 15.0 Å². The van der Waals surface area contributed by atoms with E-state index >= 15 is 0 Å². The van der Waals surface area contributed by atoms with Crippen LogP contribution in [0.1, 0.15) is 52.9 Å². The van der Waals surface area contributed by atoms with Crippen LogP contribution in [0.4, 0.5) is 4.79 Å². The minimum Gasteiger partial charge on any atom is -0.444 e. The summed E-state index contributed by atoms with van der Waals surface area (Å²) in [7, 11) is 0. The van der Waals surface area contributed by atoms with Gasteiger partial charge in [-0.05, 0) is 33.1 Å². The van der Waals surface area contributed by atoms with Crippen molar-refractivity contribution in [2.24, 2.45) is 5.92 Å². The minimum atomic E-state index is -0.400. The lowest BCUT2D eigenvalue weighted by Crippen LogP contribution is -2.54. The van der Waals surface area contributed by atoms with Crippen LogP contribution in [-0.4, -0.2) is 42.3 Å². The Morgan fingerprint density at radius 2 is 2.00 bits per heavy atom. The van der Waals surface area contributed by atoms with Crippen LogP contribution in [0.25, 0.3) is 0 Å². The van der Waals surface area contributed by atoms with Gasteiger partial charge in [0.2, 0.25) is 0 Å². The van der Waals surface area contributed by atoms with Crippen molar-refractivity contribution in [3.63, 3.8) is 0 Å². The number of nitrogens with one attached hydrogen (secondary N) is 1. The number of ether oxygens (including phenoxy) is 1. The molecule has 1 saturated heterocycles. The van der Waals surface area contributed by atoms with Gasteiger partial charge in [0.1, 0.15) is 5.60 Å². The monoisotopic (exact) mass is 268 g/mol. The maximum Gasteiger partial charge on any atom is 0.410 e. The van der Waals surface area contributed by atoms with Gasteiger partial charge in [-0.1, -0.05) is 25.7 Å². The summed E-state index contributed by atoms with van der Waals surface area (Å²) in [6, 6.07) is 0.448. The molecule has 1 aliphatic carbocycles. The SMILES string of the molecule is CC(C)(C)OC(=O)N1CCNC(CC2CCCC2)C1. The predicted octanol–water partition coefficient (Wildman–Crippen LogP) is 2.78. The van der Waals surface area contributed by atoms with E-state index in [2.05, 4.69) is 5.32 Å². The number of nitrogens with zero attached hydrogens (tertiary/aromatic N) is 1. The zero-order chi connectivity index (χ0) is 13.9. The Balaban J connectivity index is 1.80. The lowest BCUT2D eigenvalue weighted by molar-refractivity contribution is 0.0187.